The number of carbonyl (C=O) groups excluding carboxylic acids is 1. The first-order chi connectivity index (χ1) is 12.7. The molecule has 2 aliphatic rings. The smallest absolute Gasteiger partial charge is 0.237 e. The summed E-state index contributed by atoms with van der Waals surface area (Å²) in [6, 6.07) is -0.345. The molecule has 0 aromatic carbocycles. The molecule has 0 spiro atoms. The second-order valence-electron chi connectivity index (χ2n) is 7.96. The highest BCUT2D eigenvalue weighted by atomic mass is 35.5. The van der Waals surface area contributed by atoms with Gasteiger partial charge in [-0.05, 0) is 39.5 Å². The molecule has 8 heteroatoms. The number of alkyl halides is 1. The molecule has 0 radical (unpaired) electrons. The van der Waals surface area contributed by atoms with Gasteiger partial charge >= 0.3 is 0 Å². The van der Waals surface area contributed by atoms with Crippen LogP contribution in [0.5, 0.6) is 0 Å². The van der Waals surface area contributed by atoms with E-state index in [0.29, 0.717) is 6.04 Å². The van der Waals surface area contributed by atoms with Gasteiger partial charge in [0.1, 0.15) is 17.6 Å². The monoisotopic (exact) mass is 422 g/mol. The zero-order valence-corrected chi connectivity index (χ0v) is 18.5. The van der Waals surface area contributed by atoms with E-state index in [4.69, 9.17) is 16.3 Å². The molecule has 9 unspecified atom stereocenters. The van der Waals surface area contributed by atoms with E-state index >= 15 is 0 Å². The number of rotatable bonds is 7. The summed E-state index contributed by atoms with van der Waals surface area (Å²) in [6.45, 7) is 5.78. The van der Waals surface area contributed by atoms with E-state index in [-0.39, 0.29) is 23.3 Å². The predicted molar refractivity (Wildman–Crippen MR) is 110 cm³/mol. The van der Waals surface area contributed by atoms with Gasteiger partial charge in [-0.3, -0.25) is 9.69 Å². The maximum Gasteiger partial charge on any atom is 0.237 e. The zero-order chi connectivity index (χ0) is 20.3. The van der Waals surface area contributed by atoms with Crippen molar-refractivity contribution in [3.8, 4) is 0 Å². The lowest BCUT2D eigenvalue weighted by atomic mass is 9.89. The fourth-order valence-corrected chi connectivity index (χ4v) is 5.36. The van der Waals surface area contributed by atoms with Crippen molar-refractivity contribution in [2.75, 3.05) is 13.3 Å². The van der Waals surface area contributed by atoms with E-state index in [0.717, 1.165) is 25.7 Å². The Morgan fingerprint density at radius 3 is 2.59 bits per heavy atom. The van der Waals surface area contributed by atoms with E-state index in [2.05, 4.69) is 17.1 Å². The van der Waals surface area contributed by atoms with E-state index in [1.165, 1.54) is 11.8 Å². The number of hydrogen-bond donors (Lipinski definition) is 3. The number of likely N-dealkylation sites (N-methyl/N-ethyl adjacent to an activating group) is 1. The molecule has 0 saturated carbocycles. The van der Waals surface area contributed by atoms with Gasteiger partial charge in [-0.25, -0.2) is 0 Å². The highest BCUT2D eigenvalue weighted by molar-refractivity contribution is 7.99. The molecule has 2 rings (SSSR count). The first-order valence-corrected chi connectivity index (χ1v) is 11.7. The van der Waals surface area contributed by atoms with Gasteiger partial charge in [-0.2, -0.15) is 0 Å². The minimum Gasteiger partial charge on any atom is -0.390 e. The van der Waals surface area contributed by atoms with Gasteiger partial charge in [-0.1, -0.05) is 20.3 Å². The Hall–Kier alpha value is -0.0500. The van der Waals surface area contributed by atoms with Crippen LogP contribution in [0.15, 0.2) is 0 Å². The SMILES string of the molecule is CCCC1CCC(C(=O)NC(C(C)Cl)C2OC(SC)C(C)C(O)C2O)N1C. The molecule has 2 aliphatic heterocycles. The van der Waals surface area contributed by atoms with Gasteiger partial charge < -0.3 is 20.3 Å². The summed E-state index contributed by atoms with van der Waals surface area (Å²) >= 11 is 7.86. The lowest BCUT2D eigenvalue weighted by Gasteiger charge is -2.45. The maximum absolute atomic E-state index is 13.0. The molecule has 27 heavy (non-hydrogen) atoms. The minimum absolute atomic E-state index is 0.0850. The molecule has 0 bridgehead atoms. The summed E-state index contributed by atoms with van der Waals surface area (Å²) in [4.78, 5) is 15.1. The number of hydrogen-bond acceptors (Lipinski definition) is 6. The summed E-state index contributed by atoms with van der Waals surface area (Å²) in [6.07, 6.45) is 3.15. The third-order valence-electron chi connectivity index (χ3n) is 6.10. The van der Waals surface area contributed by atoms with Crippen LogP contribution in [0.1, 0.15) is 46.5 Å². The number of amides is 1. The lowest BCUT2D eigenvalue weighted by molar-refractivity contribution is -0.181. The van der Waals surface area contributed by atoms with Crippen molar-refractivity contribution < 1.29 is 19.7 Å². The van der Waals surface area contributed by atoms with Gasteiger partial charge in [0.05, 0.1) is 23.6 Å². The average molecular weight is 423 g/mol. The number of aliphatic hydroxyl groups excluding tert-OH is 2. The van der Waals surface area contributed by atoms with Crippen molar-refractivity contribution in [1.29, 1.82) is 0 Å². The van der Waals surface area contributed by atoms with Crippen molar-refractivity contribution >= 4 is 29.3 Å². The Morgan fingerprint density at radius 2 is 2.04 bits per heavy atom. The molecule has 0 aromatic rings. The van der Waals surface area contributed by atoms with Crippen LogP contribution in [0.2, 0.25) is 0 Å². The molecule has 2 heterocycles. The Bertz CT molecular complexity index is 496. The number of nitrogens with zero attached hydrogens (tertiary/aromatic N) is 1. The Labute approximate surface area is 172 Å². The fraction of sp³-hybridized carbons (Fsp3) is 0.947. The highest BCUT2D eigenvalue weighted by Gasteiger charge is 2.47. The largest absolute Gasteiger partial charge is 0.390 e. The number of halogens is 1. The van der Waals surface area contributed by atoms with E-state index in [1.807, 2.05) is 20.2 Å². The Morgan fingerprint density at radius 1 is 1.37 bits per heavy atom. The first-order valence-electron chi connectivity index (χ1n) is 9.93. The summed E-state index contributed by atoms with van der Waals surface area (Å²) in [5, 5.41) is 23.6. The molecule has 0 aliphatic carbocycles. The molecular weight excluding hydrogens is 388 g/mol. The number of likely N-dealkylation sites (tertiary alicyclic amines) is 1. The van der Waals surface area contributed by atoms with Crippen molar-refractivity contribution in [2.24, 2.45) is 5.92 Å². The molecular formula is C19H35ClN2O4S. The van der Waals surface area contributed by atoms with Gasteiger partial charge in [0.15, 0.2) is 0 Å². The van der Waals surface area contributed by atoms with Crippen LogP contribution in [0, 0.1) is 5.92 Å². The third kappa shape index (κ3) is 5.11. The molecule has 2 fully saturated rings. The average Bonchev–Trinajstić information content (AvgIpc) is 2.99. The van der Waals surface area contributed by atoms with E-state index < -0.39 is 29.7 Å². The van der Waals surface area contributed by atoms with E-state index in [1.54, 1.807) is 6.92 Å². The van der Waals surface area contributed by atoms with Crippen molar-refractivity contribution in [1.82, 2.24) is 10.2 Å². The van der Waals surface area contributed by atoms with Crippen LogP contribution in [0.3, 0.4) is 0 Å². The molecule has 3 N–H and O–H groups in total. The van der Waals surface area contributed by atoms with Gasteiger partial charge in [0, 0.05) is 12.0 Å². The molecule has 158 valence electrons. The zero-order valence-electron chi connectivity index (χ0n) is 17.0. The number of nitrogens with one attached hydrogen (secondary N) is 1. The van der Waals surface area contributed by atoms with Gasteiger partial charge in [0.25, 0.3) is 0 Å². The normalized spacial score (nSPS) is 39.9. The first kappa shape index (κ1) is 23.2. The second-order valence-corrected chi connectivity index (χ2v) is 9.58. The van der Waals surface area contributed by atoms with Crippen LogP contribution in [0.25, 0.3) is 0 Å². The van der Waals surface area contributed by atoms with Crippen LogP contribution in [-0.4, -0.2) is 81.6 Å². The van der Waals surface area contributed by atoms with Gasteiger partial charge in [-0.15, -0.1) is 23.4 Å². The molecule has 2 saturated heterocycles. The molecule has 6 nitrogen and oxygen atoms in total. The fourth-order valence-electron chi connectivity index (χ4n) is 4.32. The lowest BCUT2D eigenvalue weighted by Crippen LogP contribution is -2.63. The second kappa shape index (κ2) is 10.1. The molecule has 1 amide bonds. The molecule has 0 aromatic heterocycles. The predicted octanol–water partition coefficient (Wildman–Crippen LogP) is 1.81. The Kier molecular flexibility index (Phi) is 8.71. The maximum atomic E-state index is 13.0. The van der Waals surface area contributed by atoms with Crippen molar-refractivity contribution in [2.45, 2.75) is 93.7 Å². The number of carbonyl (C=O) groups is 1. The number of thioether (sulfide) groups is 1. The number of ether oxygens (including phenoxy) is 1. The highest BCUT2D eigenvalue weighted by Crippen LogP contribution is 2.34. The van der Waals surface area contributed by atoms with Crippen LogP contribution in [0.4, 0.5) is 0 Å². The Balaban J connectivity index is 2.10. The summed E-state index contributed by atoms with van der Waals surface area (Å²) < 4.78 is 6.04. The standard InChI is InChI=1S/C19H35ClN2O4S/c1-6-7-12-8-9-13(22(12)4)18(25)21-14(11(3)20)17-16(24)15(23)10(2)19(26-17)27-5/h10-17,19,23-24H,6-9H2,1-5H3,(H,21,25). The third-order valence-corrected chi connectivity index (χ3v) is 7.38. The van der Waals surface area contributed by atoms with Crippen molar-refractivity contribution in [3.63, 3.8) is 0 Å². The quantitative estimate of drug-likeness (QED) is 0.543. The van der Waals surface area contributed by atoms with Crippen LogP contribution in [-0.2, 0) is 9.53 Å². The number of aliphatic hydroxyl groups is 2. The summed E-state index contributed by atoms with van der Waals surface area (Å²) in [7, 11) is 2.00. The summed E-state index contributed by atoms with van der Waals surface area (Å²) in [5.41, 5.74) is -0.258. The van der Waals surface area contributed by atoms with E-state index in [9.17, 15) is 15.0 Å². The van der Waals surface area contributed by atoms with Crippen LogP contribution >= 0.6 is 23.4 Å². The van der Waals surface area contributed by atoms with Crippen LogP contribution < -0.4 is 5.32 Å². The molecule has 9 atom stereocenters. The topological polar surface area (TPSA) is 82.0 Å². The summed E-state index contributed by atoms with van der Waals surface area (Å²) in [5.74, 6) is -0.290. The minimum atomic E-state index is -1.09. The van der Waals surface area contributed by atoms with Gasteiger partial charge in [0.2, 0.25) is 5.91 Å². The van der Waals surface area contributed by atoms with Crippen molar-refractivity contribution in [3.05, 3.63) is 0 Å².